The average molecular weight is 799 g/mol. The van der Waals surface area contributed by atoms with Crippen LogP contribution in [0.25, 0.3) is 76.3 Å². The normalized spacial score (nSPS) is 13.9. The van der Waals surface area contributed by atoms with Crippen molar-refractivity contribution in [3.05, 3.63) is 229 Å². The second-order valence-corrected chi connectivity index (χ2v) is 16.5. The van der Waals surface area contributed by atoms with Crippen molar-refractivity contribution >= 4 is 43.1 Å². The molecule has 0 saturated carbocycles. The number of benzene rings is 8. The molecule has 5 heteroatoms. The molecule has 0 bridgehead atoms. The van der Waals surface area contributed by atoms with E-state index in [0.29, 0.717) is 5.82 Å². The fourth-order valence-electron chi connectivity index (χ4n) is 8.25. The van der Waals surface area contributed by atoms with E-state index in [4.69, 9.17) is 20.0 Å². The van der Waals surface area contributed by atoms with Gasteiger partial charge in [-0.3, -0.25) is 4.99 Å². The molecule has 1 atom stereocenters. The maximum atomic E-state index is 5.18. The molecule has 3 heterocycles. The maximum absolute atomic E-state index is 5.18. The summed E-state index contributed by atoms with van der Waals surface area (Å²) in [5.74, 6) is 1.50. The van der Waals surface area contributed by atoms with Gasteiger partial charge >= 0.3 is 0 Å². The van der Waals surface area contributed by atoms with Crippen molar-refractivity contribution in [2.24, 2.45) is 9.98 Å². The predicted octanol–water partition coefficient (Wildman–Crippen LogP) is 14.6. The molecule has 1 unspecified atom stereocenters. The summed E-state index contributed by atoms with van der Waals surface area (Å²) in [6.07, 6.45) is 0.753. The molecule has 61 heavy (non-hydrogen) atoms. The molecule has 2 aromatic heterocycles. The molecule has 0 amide bonds. The Hall–Kier alpha value is -7.60. The van der Waals surface area contributed by atoms with Crippen LogP contribution in [0.4, 0.5) is 0 Å². The lowest BCUT2D eigenvalue weighted by Crippen LogP contribution is -2.17. The molecule has 1 aliphatic heterocycles. The molecule has 11 rings (SSSR count). The highest BCUT2D eigenvalue weighted by atomic mass is 32.1. The molecule has 1 aliphatic rings. The van der Waals surface area contributed by atoms with Gasteiger partial charge in [-0.05, 0) is 63.7 Å². The summed E-state index contributed by atoms with van der Waals surface area (Å²) in [6.45, 7) is 0. The Kier molecular flexibility index (Phi) is 9.49. The van der Waals surface area contributed by atoms with E-state index in [1.807, 2.05) is 72.0 Å². The van der Waals surface area contributed by atoms with Gasteiger partial charge in [-0.15, -0.1) is 11.3 Å². The number of rotatable bonds is 8. The Morgan fingerprint density at radius 2 is 0.820 bits per heavy atom. The van der Waals surface area contributed by atoms with Crippen LogP contribution < -0.4 is 0 Å². The maximum Gasteiger partial charge on any atom is 0.160 e. The number of nitrogens with zero attached hydrogens (tertiary/aromatic N) is 4. The van der Waals surface area contributed by atoms with E-state index >= 15 is 0 Å². The summed E-state index contributed by atoms with van der Waals surface area (Å²) in [5, 5.41) is 2.55. The van der Waals surface area contributed by atoms with Crippen molar-refractivity contribution in [2.75, 3.05) is 0 Å². The Bertz CT molecular complexity index is 3170. The minimum atomic E-state index is -0.0211. The largest absolute Gasteiger partial charge is 0.258 e. The Morgan fingerprint density at radius 1 is 0.377 bits per heavy atom. The first-order valence-corrected chi connectivity index (χ1v) is 21.4. The third kappa shape index (κ3) is 7.37. The van der Waals surface area contributed by atoms with E-state index < -0.39 is 0 Å². The van der Waals surface area contributed by atoms with E-state index in [2.05, 4.69) is 152 Å². The molecule has 8 aromatic carbocycles. The lowest BCUT2D eigenvalue weighted by Gasteiger charge is -2.21. The van der Waals surface area contributed by atoms with Gasteiger partial charge in [-0.2, -0.15) is 0 Å². The molecule has 0 spiro atoms. The van der Waals surface area contributed by atoms with Gasteiger partial charge < -0.3 is 0 Å². The molecular formula is C56H38N4S. The van der Waals surface area contributed by atoms with Gasteiger partial charge in [0.2, 0.25) is 0 Å². The van der Waals surface area contributed by atoms with Gasteiger partial charge in [-0.1, -0.05) is 182 Å². The third-order valence-corrected chi connectivity index (χ3v) is 12.6. The van der Waals surface area contributed by atoms with Crippen LogP contribution in [0.15, 0.2) is 222 Å². The zero-order chi connectivity index (χ0) is 40.5. The molecule has 0 fully saturated rings. The van der Waals surface area contributed by atoms with Gasteiger partial charge in [0.05, 0.1) is 23.1 Å². The highest BCUT2D eigenvalue weighted by Crippen LogP contribution is 2.39. The number of thiophene rings is 1. The third-order valence-electron chi connectivity index (χ3n) is 11.5. The van der Waals surface area contributed by atoms with E-state index in [1.54, 1.807) is 0 Å². The summed E-state index contributed by atoms with van der Waals surface area (Å²) < 4.78 is 2.57. The number of amidine groups is 1. The lowest BCUT2D eigenvalue weighted by molar-refractivity contribution is 0.754. The smallest absolute Gasteiger partial charge is 0.160 e. The molecule has 4 nitrogen and oxygen atoms in total. The lowest BCUT2D eigenvalue weighted by atomic mass is 9.94. The van der Waals surface area contributed by atoms with Gasteiger partial charge in [0.1, 0.15) is 0 Å². The van der Waals surface area contributed by atoms with Crippen molar-refractivity contribution in [1.82, 2.24) is 9.97 Å². The number of fused-ring (bicyclic) bond motifs is 3. The SMILES string of the molecule is c1ccc(C2=NC(c3ccccc3)=NC(c3ccc(-c4ccc5sc6ccc(-c7ccc(-c8cc(-c9ccccc9)nc(-c9ccccc9)n8)cc7)cc6c5c4)cc3)C2)cc1. The minimum absolute atomic E-state index is 0.0211. The standard InChI is InChI=1S/C56H38N4S/c1-5-13-39(14-6-1)49-35-51(59-55(57-49)43-17-9-3-10-18-43)41-25-21-37(22-26-41)45-29-31-53-47(33-45)48-34-46(30-32-54(48)61-53)38-23-27-42(28-24-38)52-36-50(40-15-7-2-8-16-40)58-56(60-52)44-19-11-4-12-20-44/h1-35,52H,36H2. The van der Waals surface area contributed by atoms with Crippen LogP contribution in [0.5, 0.6) is 0 Å². The van der Waals surface area contributed by atoms with Crippen LogP contribution >= 0.6 is 11.3 Å². The Morgan fingerprint density at radius 3 is 1.38 bits per heavy atom. The van der Waals surface area contributed by atoms with Crippen LogP contribution in [-0.4, -0.2) is 21.5 Å². The zero-order valence-electron chi connectivity index (χ0n) is 33.2. The minimum Gasteiger partial charge on any atom is -0.258 e. The fourth-order valence-corrected chi connectivity index (χ4v) is 9.31. The van der Waals surface area contributed by atoms with Crippen LogP contribution in [0.1, 0.15) is 29.2 Å². The second kappa shape index (κ2) is 15.9. The first-order valence-electron chi connectivity index (χ1n) is 20.6. The quantitative estimate of drug-likeness (QED) is 0.154. The average Bonchev–Trinajstić information content (AvgIpc) is 3.72. The van der Waals surface area contributed by atoms with E-state index in [1.165, 1.54) is 48.0 Å². The molecule has 0 N–H and O–H groups in total. The number of hydrogen-bond donors (Lipinski definition) is 0. The molecule has 0 radical (unpaired) electrons. The zero-order valence-corrected chi connectivity index (χ0v) is 34.0. The van der Waals surface area contributed by atoms with Crippen molar-refractivity contribution < 1.29 is 0 Å². The van der Waals surface area contributed by atoms with Gasteiger partial charge in [-0.25, -0.2) is 15.0 Å². The number of aromatic nitrogens is 2. The fraction of sp³-hybridized carbons (Fsp3) is 0.0357. The van der Waals surface area contributed by atoms with Crippen molar-refractivity contribution in [2.45, 2.75) is 12.5 Å². The molecular weight excluding hydrogens is 761 g/mol. The van der Waals surface area contributed by atoms with Crippen LogP contribution in [-0.2, 0) is 0 Å². The molecule has 0 saturated heterocycles. The highest BCUT2D eigenvalue weighted by Gasteiger charge is 2.22. The van der Waals surface area contributed by atoms with Crippen molar-refractivity contribution in [1.29, 1.82) is 0 Å². The van der Waals surface area contributed by atoms with Crippen LogP contribution in [0.3, 0.4) is 0 Å². The molecule has 0 aliphatic carbocycles. The Balaban J connectivity index is 0.886. The van der Waals surface area contributed by atoms with Gasteiger partial charge in [0.15, 0.2) is 11.7 Å². The van der Waals surface area contributed by atoms with Crippen molar-refractivity contribution in [3.8, 4) is 56.2 Å². The van der Waals surface area contributed by atoms with Gasteiger partial charge in [0, 0.05) is 48.8 Å². The highest BCUT2D eigenvalue weighted by molar-refractivity contribution is 7.25. The first-order chi connectivity index (χ1) is 30.2. The second-order valence-electron chi connectivity index (χ2n) is 15.4. The predicted molar refractivity (Wildman–Crippen MR) is 255 cm³/mol. The topological polar surface area (TPSA) is 50.5 Å². The van der Waals surface area contributed by atoms with Crippen LogP contribution in [0, 0.1) is 0 Å². The Labute approximate surface area is 359 Å². The van der Waals surface area contributed by atoms with Gasteiger partial charge in [0.25, 0.3) is 0 Å². The molecule has 288 valence electrons. The van der Waals surface area contributed by atoms with E-state index in [-0.39, 0.29) is 6.04 Å². The van der Waals surface area contributed by atoms with E-state index in [9.17, 15) is 0 Å². The molecule has 10 aromatic rings. The summed E-state index contributed by atoms with van der Waals surface area (Å²) in [4.78, 5) is 20.2. The van der Waals surface area contributed by atoms with Crippen LogP contribution in [0.2, 0.25) is 0 Å². The first kappa shape index (κ1) is 36.5. The summed E-state index contributed by atoms with van der Waals surface area (Å²) in [7, 11) is 0. The van der Waals surface area contributed by atoms with E-state index in [0.717, 1.165) is 57.2 Å². The van der Waals surface area contributed by atoms with Crippen molar-refractivity contribution in [3.63, 3.8) is 0 Å². The number of hydrogen-bond acceptors (Lipinski definition) is 5. The summed E-state index contributed by atoms with van der Waals surface area (Å²) >= 11 is 1.85. The summed E-state index contributed by atoms with van der Waals surface area (Å²) in [5.41, 5.74) is 14.1. The monoisotopic (exact) mass is 798 g/mol. The number of aliphatic imine (C=N–C) groups is 2. The summed E-state index contributed by atoms with van der Waals surface area (Å²) in [6, 6.07) is 74.8.